The van der Waals surface area contributed by atoms with Crippen molar-refractivity contribution in [1.82, 2.24) is 9.88 Å². The van der Waals surface area contributed by atoms with E-state index in [2.05, 4.69) is 20.4 Å². The van der Waals surface area contributed by atoms with Crippen LogP contribution < -0.4 is 15.4 Å². The Bertz CT molecular complexity index is 1200. The smallest absolute Gasteiger partial charge is 0.404 e. The third kappa shape index (κ3) is 7.03. The van der Waals surface area contributed by atoms with Crippen LogP contribution in [0.15, 0.2) is 66.9 Å². The Hall–Kier alpha value is -3.96. The van der Waals surface area contributed by atoms with E-state index in [0.29, 0.717) is 37.7 Å². The van der Waals surface area contributed by atoms with Crippen LogP contribution in [-0.2, 0) is 9.53 Å². The molecule has 11 heteroatoms. The molecule has 8 nitrogen and oxygen atoms in total. The van der Waals surface area contributed by atoms with Crippen LogP contribution in [0.2, 0.25) is 0 Å². The first kappa shape index (κ1) is 25.1. The summed E-state index contributed by atoms with van der Waals surface area (Å²) in [7, 11) is 0. The van der Waals surface area contributed by atoms with Crippen LogP contribution in [0.4, 0.5) is 24.5 Å². The van der Waals surface area contributed by atoms with Gasteiger partial charge in [0.25, 0.3) is 5.91 Å². The minimum Gasteiger partial charge on any atom is -0.404 e. The molecule has 2 heterocycles. The van der Waals surface area contributed by atoms with E-state index in [9.17, 15) is 22.8 Å². The molecule has 3 aromatic rings. The van der Waals surface area contributed by atoms with Gasteiger partial charge in [-0.25, -0.2) is 0 Å². The highest BCUT2D eigenvalue weighted by molar-refractivity contribution is 6.06. The number of hydrogen-bond acceptors (Lipinski definition) is 6. The minimum absolute atomic E-state index is 0.0262. The van der Waals surface area contributed by atoms with Crippen LogP contribution in [0.5, 0.6) is 5.75 Å². The number of rotatable bonds is 7. The maximum Gasteiger partial charge on any atom is 0.573 e. The van der Waals surface area contributed by atoms with Crippen LogP contribution in [0.25, 0.3) is 11.3 Å². The molecule has 2 amide bonds. The lowest BCUT2D eigenvalue weighted by Gasteiger charge is -2.26. The quantitative estimate of drug-likeness (QED) is 0.506. The van der Waals surface area contributed by atoms with Crippen molar-refractivity contribution in [1.29, 1.82) is 0 Å². The van der Waals surface area contributed by atoms with Crippen molar-refractivity contribution in [3.05, 3.63) is 72.4 Å². The highest BCUT2D eigenvalue weighted by atomic mass is 19.4. The second-order valence-electron chi connectivity index (χ2n) is 7.95. The summed E-state index contributed by atoms with van der Waals surface area (Å²) in [6.07, 6.45) is -3.49. The van der Waals surface area contributed by atoms with Gasteiger partial charge in [-0.15, -0.1) is 13.2 Å². The highest BCUT2D eigenvalue weighted by Crippen LogP contribution is 2.31. The molecule has 1 aliphatic rings. The van der Waals surface area contributed by atoms with E-state index >= 15 is 0 Å². The molecule has 1 fully saturated rings. The van der Waals surface area contributed by atoms with E-state index in [-0.39, 0.29) is 17.8 Å². The number of aromatic nitrogens is 1. The molecule has 188 valence electrons. The number of anilines is 2. The van der Waals surface area contributed by atoms with Crippen LogP contribution in [0.1, 0.15) is 10.4 Å². The number of nitrogens with zero attached hydrogens (tertiary/aromatic N) is 2. The van der Waals surface area contributed by atoms with Crippen molar-refractivity contribution < 1.29 is 32.2 Å². The zero-order chi connectivity index (χ0) is 25.5. The molecule has 1 aromatic heterocycles. The lowest BCUT2D eigenvalue weighted by molar-refractivity contribution is -0.274. The van der Waals surface area contributed by atoms with Crippen molar-refractivity contribution in [2.24, 2.45) is 0 Å². The molecule has 36 heavy (non-hydrogen) atoms. The molecule has 0 atom stereocenters. The van der Waals surface area contributed by atoms with Gasteiger partial charge in [-0.05, 0) is 30.3 Å². The molecule has 1 aliphatic heterocycles. The Balaban J connectivity index is 1.48. The number of carbonyl (C=O) groups excluding carboxylic acids is 2. The normalized spacial score (nSPS) is 14.2. The van der Waals surface area contributed by atoms with Crippen molar-refractivity contribution in [2.75, 3.05) is 43.5 Å². The lowest BCUT2D eigenvalue weighted by Crippen LogP contribution is -2.41. The molecule has 0 aliphatic carbocycles. The molecule has 4 rings (SSSR count). The van der Waals surface area contributed by atoms with Crippen molar-refractivity contribution in [2.45, 2.75) is 6.36 Å². The van der Waals surface area contributed by atoms with E-state index in [0.717, 1.165) is 17.7 Å². The fourth-order valence-corrected chi connectivity index (χ4v) is 3.59. The first-order valence-electron chi connectivity index (χ1n) is 11.1. The molecule has 0 bridgehead atoms. The largest absolute Gasteiger partial charge is 0.573 e. The fourth-order valence-electron chi connectivity index (χ4n) is 3.59. The molecule has 0 radical (unpaired) electrons. The monoisotopic (exact) mass is 500 g/mol. The second kappa shape index (κ2) is 11.2. The third-order valence-corrected chi connectivity index (χ3v) is 5.30. The van der Waals surface area contributed by atoms with Gasteiger partial charge in [-0.3, -0.25) is 19.5 Å². The number of amides is 2. The zero-order valence-corrected chi connectivity index (χ0v) is 19.0. The average molecular weight is 500 g/mol. The predicted molar refractivity (Wildman–Crippen MR) is 127 cm³/mol. The molecule has 0 spiro atoms. The number of pyridine rings is 1. The van der Waals surface area contributed by atoms with Gasteiger partial charge in [0.05, 0.1) is 43.0 Å². The summed E-state index contributed by atoms with van der Waals surface area (Å²) in [5.41, 5.74) is 1.78. The molecule has 0 saturated carbocycles. The van der Waals surface area contributed by atoms with Crippen LogP contribution in [-0.4, -0.2) is 60.9 Å². The van der Waals surface area contributed by atoms with Crippen LogP contribution >= 0.6 is 0 Å². The van der Waals surface area contributed by atoms with E-state index < -0.39 is 23.9 Å². The maximum atomic E-state index is 12.9. The number of hydrogen-bond donors (Lipinski definition) is 2. The van der Waals surface area contributed by atoms with E-state index in [1.54, 1.807) is 12.1 Å². The van der Waals surface area contributed by atoms with Gasteiger partial charge in [0.2, 0.25) is 5.91 Å². The maximum absolute atomic E-state index is 12.9. The first-order valence-corrected chi connectivity index (χ1v) is 11.1. The summed E-state index contributed by atoms with van der Waals surface area (Å²) in [6.45, 7) is 1.95. The Morgan fingerprint density at radius 1 is 1.00 bits per heavy atom. The standard InChI is InChI=1S/C25H23F3N4O4/c26-25(27,28)36-22-9-6-18(14-21(22)31-23(33)16-32-10-12-35-13-11-32)24(34)30-19-7-8-20(29-15-19)17-4-2-1-3-5-17/h1-9,14-15H,10-13,16H2,(H,30,34)(H,31,33). The molecular weight excluding hydrogens is 477 g/mol. The van der Waals surface area contributed by atoms with E-state index in [1.165, 1.54) is 12.3 Å². The number of alkyl halides is 3. The third-order valence-electron chi connectivity index (χ3n) is 5.30. The summed E-state index contributed by atoms with van der Waals surface area (Å²) < 4.78 is 47.9. The van der Waals surface area contributed by atoms with Gasteiger partial charge < -0.3 is 20.1 Å². The summed E-state index contributed by atoms with van der Waals surface area (Å²) in [5, 5.41) is 5.08. The van der Waals surface area contributed by atoms with Gasteiger partial charge in [0.15, 0.2) is 5.75 Å². The van der Waals surface area contributed by atoms with Gasteiger partial charge in [0, 0.05) is 24.2 Å². The Morgan fingerprint density at radius 2 is 1.75 bits per heavy atom. The highest BCUT2D eigenvalue weighted by Gasteiger charge is 2.32. The molecule has 2 N–H and O–H groups in total. The number of benzene rings is 2. The van der Waals surface area contributed by atoms with E-state index in [1.807, 2.05) is 35.2 Å². The Labute approximate surface area is 205 Å². The summed E-state index contributed by atoms with van der Waals surface area (Å²) >= 11 is 0. The van der Waals surface area contributed by atoms with Gasteiger partial charge in [0.1, 0.15) is 0 Å². The zero-order valence-electron chi connectivity index (χ0n) is 19.0. The minimum atomic E-state index is -4.97. The van der Waals surface area contributed by atoms with E-state index in [4.69, 9.17) is 4.74 Å². The summed E-state index contributed by atoms with van der Waals surface area (Å²) in [6, 6.07) is 16.2. The Kier molecular flexibility index (Phi) is 7.81. The lowest BCUT2D eigenvalue weighted by atomic mass is 10.1. The van der Waals surface area contributed by atoms with Crippen LogP contribution in [0, 0.1) is 0 Å². The summed E-state index contributed by atoms with van der Waals surface area (Å²) in [5.74, 6) is -1.75. The molecule has 1 saturated heterocycles. The van der Waals surface area contributed by atoms with Crippen molar-refractivity contribution in [3.8, 4) is 17.0 Å². The van der Waals surface area contributed by atoms with Crippen LogP contribution in [0.3, 0.4) is 0 Å². The number of ether oxygens (including phenoxy) is 2. The second-order valence-corrected chi connectivity index (χ2v) is 7.95. The number of carbonyl (C=O) groups is 2. The molecule has 0 unspecified atom stereocenters. The number of halogens is 3. The van der Waals surface area contributed by atoms with Gasteiger partial charge >= 0.3 is 6.36 Å². The topological polar surface area (TPSA) is 92.8 Å². The first-order chi connectivity index (χ1) is 17.3. The average Bonchev–Trinajstić information content (AvgIpc) is 2.86. The van der Waals surface area contributed by atoms with Crippen molar-refractivity contribution >= 4 is 23.2 Å². The molecule has 2 aromatic carbocycles. The summed E-state index contributed by atoms with van der Waals surface area (Å²) in [4.78, 5) is 31.4. The van der Waals surface area contributed by atoms with Crippen molar-refractivity contribution in [3.63, 3.8) is 0 Å². The Morgan fingerprint density at radius 3 is 2.42 bits per heavy atom. The number of morpholine rings is 1. The van der Waals surface area contributed by atoms with Gasteiger partial charge in [-0.2, -0.15) is 0 Å². The molecular formula is C25H23F3N4O4. The number of nitrogens with one attached hydrogen (secondary N) is 2. The SMILES string of the molecule is O=C(CN1CCOCC1)Nc1cc(C(=O)Nc2ccc(-c3ccccc3)nc2)ccc1OC(F)(F)F. The van der Waals surface area contributed by atoms with Gasteiger partial charge in [-0.1, -0.05) is 30.3 Å². The predicted octanol–water partition coefficient (Wildman–Crippen LogP) is 4.17. The fraction of sp³-hybridized carbons (Fsp3) is 0.240.